The lowest BCUT2D eigenvalue weighted by molar-refractivity contribution is 0.619. The van der Waals surface area contributed by atoms with E-state index in [1.165, 1.54) is 38.5 Å². The van der Waals surface area contributed by atoms with Gasteiger partial charge in [-0.1, -0.05) is 74.5 Å². The van der Waals surface area contributed by atoms with Crippen LogP contribution in [-0.4, -0.2) is 19.5 Å². The molecule has 0 saturated carbocycles. The molecule has 0 bridgehead atoms. The van der Waals surface area contributed by atoms with E-state index in [9.17, 15) is 0 Å². The van der Waals surface area contributed by atoms with Gasteiger partial charge in [-0.25, -0.2) is 9.97 Å². The van der Waals surface area contributed by atoms with Gasteiger partial charge in [0.2, 0.25) is 5.89 Å². The summed E-state index contributed by atoms with van der Waals surface area (Å²) in [7, 11) is 0. The number of pyridine rings is 2. The van der Waals surface area contributed by atoms with Crippen LogP contribution < -0.4 is 0 Å². The first-order valence-corrected chi connectivity index (χ1v) is 14.5. The van der Waals surface area contributed by atoms with Crippen molar-refractivity contribution in [1.82, 2.24) is 19.5 Å². The third-order valence-corrected chi connectivity index (χ3v) is 8.88. The molecular weight excluding hydrogens is 528 g/mol. The number of rotatable bonds is 3. The molecule has 0 N–H and O–H groups in total. The van der Waals surface area contributed by atoms with Crippen molar-refractivity contribution < 1.29 is 4.42 Å². The predicted molar refractivity (Wildman–Crippen MR) is 172 cm³/mol. The second-order valence-corrected chi connectivity index (χ2v) is 11.7. The van der Waals surface area contributed by atoms with Crippen LogP contribution in [0.4, 0.5) is 0 Å². The molecule has 204 valence electrons. The van der Waals surface area contributed by atoms with Gasteiger partial charge >= 0.3 is 0 Å². The lowest BCUT2D eigenvalue weighted by Gasteiger charge is -2.23. The standard InChI is InChI=1S/C38H26N4O/c1-38(2)33-26(19-20-31-35(33)41-37(43-31)23-10-4-3-5-11-23)27-17-18-28-25-13-6-7-15-30(25)42(36(28)34(27)38)32-16-8-14-29(40-32)24-12-9-21-39-22-24/h3-22H,1-2H3. The van der Waals surface area contributed by atoms with Gasteiger partial charge < -0.3 is 4.42 Å². The maximum Gasteiger partial charge on any atom is 0.227 e. The Morgan fingerprint density at radius 3 is 2.30 bits per heavy atom. The molecule has 4 heterocycles. The van der Waals surface area contributed by atoms with Crippen LogP contribution in [0.2, 0.25) is 0 Å². The minimum atomic E-state index is -0.346. The molecule has 5 nitrogen and oxygen atoms in total. The Morgan fingerprint density at radius 2 is 1.44 bits per heavy atom. The number of benzene rings is 4. The van der Waals surface area contributed by atoms with Crippen molar-refractivity contribution in [1.29, 1.82) is 0 Å². The average molecular weight is 555 g/mol. The third-order valence-electron chi connectivity index (χ3n) is 8.88. The fraction of sp³-hybridized carbons (Fsp3) is 0.0789. The Labute approximate surface area is 248 Å². The molecule has 5 heteroatoms. The molecule has 9 rings (SSSR count). The van der Waals surface area contributed by atoms with Gasteiger partial charge in [0.1, 0.15) is 11.3 Å². The maximum atomic E-state index is 6.32. The zero-order valence-electron chi connectivity index (χ0n) is 23.7. The molecule has 0 fully saturated rings. The highest BCUT2D eigenvalue weighted by molar-refractivity contribution is 6.13. The van der Waals surface area contributed by atoms with Crippen LogP contribution in [0.1, 0.15) is 25.0 Å². The first kappa shape index (κ1) is 24.1. The van der Waals surface area contributed by atoms with E-state index in [0.717, 1.165) is 39.3 Å². The summed E-state index contributed by atoms with van der Waals surface area (Å²) >= 11 is 0. The number of oxazole rings is 1. The molecule has 0 spiro atoms. The van der Waals surface area contributed by atoms with E-state index in [2.05, 4.69) is 90.1 Å². The van der Waals surface area contributed by atoms with Gasteiger partial charge in [-0.05, 0) is 70.8 Å². The zero-order chi connectivity index (χ0) is 28.7. The van der Waals surface area contributed by atoms with Gasteiger partial charge in [0.05, 0.1) is 16.7 Å². The molecule has 0 aliphatic heterocycles. The van der Waals surface area contributed by atoms with Crippen molar-refractivity contribution in [2.24, 2.45) is 0 Å². The quantitative estimate of drug-likeness (QED) is 0.218. The van der Waals surface area contributed by atoms with Crippen LogP contribution in [0.25, 0.3) is 72.6 Å². The summed E-state index contributed by atoms with van der Waals surface area (Å²) in [5, 5.41) is 2.42. The fourth-order valence-corrected chi connectivity index (χ4v) is 7.06. The highest BCUT2D eigenvalue weighted by atomic mass is 16.3. The molecular formula is C38H26N4O. The van der Waals surface area contributed by atoms with E-state index < -0.39 is 0 Å². The highest BCUT2D eigenvalue weighted by Crippen LogP contribution is 2.55. The van der Waals surface area contributed by atoms with Gasteiger partial charge in [-0.15, -0.1) is 0 Å². The molecule has 4 aromatic carbocycles. The van der Waals surface area contributed by atoms with E-state index >= 15 is 0 Å². The van der Waals surface area contributed by atoms with E-state index in [1.54, 1.807) is 6.20 Å². The van der Waals surface area contributed by atoms with Gasteiger partial charge in [-0.3, -0.25) is 9.55 Å². The van der Waals surface area contributed by atoms with E-state index in [4.69, 9.17) is 14.4 Å². The van der Waals surface area contributed by atoms with Crippen LogP contribution in [-0.2, 0) is 5.41 Å². The summed E-state index contributed by atoms with van der Waals surface area (Å²) in [6.07, 6.45) is 3.65. The molecule has 0 atom stereocenters. The second-order valence-electron chi connectivity index (χ2n) is 11.7. The molecule has 0 unspecified atom stereocenters. The predicted octanol–water partition coefficient (Wildman–Crippen LogP) is 9.36. The van der Waals surface area contributed by atoms with E-state index in [-0.39, 0.29) is 5.41 Å². The van der Waals surface area contributed by atoms with Gasteiger partial charge in [0.15, 0.2) is 5.58 Å². The van der Waals surface area contributed by atoms with Crippen LogP contribution in [0.3, 0.4) is 0 Å². The topological polar surface area (TPSA) is 56.7 Å². The van der Waals surface area contributed by atoms with Crippen molar-refractivity contribution in [2.75, 3.05) is 0 Å². The van der Waals surface area contributed by atoms with Crippen molar-refractivity contribution in [3.63, 3.8) is 0 Å². The summed E-state index contributed by atoms with van der Waals surface area (Å²) in [4.78, 5) is 14.6. The number of fused-ring (bicyclic) bond motifs is 9. The summed E-state index contributed by atoms with van der Waals surface area (Å²) in [6, 6.07) is 37.8. The van der Waals surface area contributed by atoms with Crippen LogP contribution in [0.15, 0.2) is 126 Å². The minimum Gasteiger partial charge on any atom is -0.436 e. The minimum absolute atomic E-state index is 0.346. The summed E-state index contributed by atoms with van der Waals surface area (Å²) in [6.45, 7) is 4.63. The van der Waals surface area contributed by atoms with Crippen molar-refractivity contribution in [3.8, 4) is 39.7 Å². The molecule has 43 heavy (non-hydrogen) atoms. The van der Waals surface area contributed by atoms with Crippen molar-refractivity contribution in [2.45, 2.75) is 19.3 Å². The highest BCUT2D eigenvalue weighted by Gasteiger charge is 2.41. The summed E-state index contributed by atoms with van der Waals surface area (Å²) < 4.78 is 8.66. The largest absolute Gasteiger partial charge is 0.436 e. The van der Waals surface area contributed by atoms with E-state index in [0.29, 0.717) is 5.89 Å². The normalized spacial score (nSPS) is 13.5. The number of hydrogen-bond donors (Lipinski definition) is 0. The average Bonchev–Trinajstić information content (AvgIpc) is 3.70. The molecule has 4 aromatic heterocycles. The number of nitrogens with zero attached hydrogens (tertiary/aromatic N) is 4. The first-order chi connectivity index (χ1) is 21.1. The molecule has 1 aliphatic rings. The molecule has 0 saturated heterocycles. The lowest BCUT2D eigenvalue weighted by atomic mass is 9.81. The van der Waals surface area contributed by atoms with Crippen LogP contribution >= 0.6 is 0 Å². The smallest absolute Gasteiger partial charge is 0.227 e. The monoisotopic (exact) mass is 554 g/mol. The van der Waals surface area contributed by atoms with Crippen LogP contribution in [0, 0.1) is 0 Å². The Kier molecular flexibility index (Phi) is 4.89. The van der Waals surface area contributed by atoms with Gasteiger partial charge in [-0.2, -0.15) is 0 Å². The molecule has 0 amide bonds. The first-order valence-electron chi connectivity index (χ1n) is 14.5. The second kappa shape index (κ2) is 8.73. The number of aromatic nitrogens is 4. The molecule has 0 radical (unpaired) electrons. The van der Waals surface area contributed by atoms with Crippen molar-refractivity contribution >= 4 is 32.9 Å². The van der Waals surface area contributed by atoms with Crippen molar-refractivity contribution in [3.05, 3.63) is 133 Å². The SMILES string of the molecule is CC1(C)c2c(ccc3oc(-c4ccccc4)nc23)-c2ccc3c4ccccc4n(-c4cccc(-c5cccnc5)n4)c3c21. The van der Waals surface area contributed by atoms with Gasteiger partial charge in [0.25, 0.3) is 0 Å². The fourth-order valence-electron chi connectivity index (χ4n) is 7.06. The Morgan fingerprint density at radius 1 is 0.651 bits per heavy atom. The summed E-state index contributed by atoms with van der Waals surface area (Å²) in [5.74, 6) is 1.53. The Hall–Kier alpha value is -5.55. The van der Waals surface area contributed by atoms with Gasteiger partial charge in [0, 0.05) is 39.7 Å². The third kappa shape index (κ3) is 3.36. The Bertz CT molecular complexity index is 2370. The Balaban J connectivity index is 1.34. The molecule has 8 aromatic rings. The zero-order valence-corrected chi connectivity index (χ0v) is 23.7. The van der Waals surface area contributed by atoms with E-state index in [1.807, 2.05) is 48.7 Å². The molecule has 1 aliphatic carbocycles. The summed E-state index contributed by atoms with van der Waals surface area (Å²) in [5.41, 5.74) is 11.5. The number of para-hydroxylation sites is 1. The van der Waals surface area contributed by atoms with Crippen LogP contribution in [0.5, 0.6) is 0 Å². The maximum absolute atomic E-state index is 6.32. The lowest BCUT2D eigenvalue weighted by Crippen LogP contribution is -2.17. The number of hydrogen-bond acceptors (Lipinski definition) is 4.